The number of nitrogens with zero attached hydrogens (tertiary/aromatic N) is 4. The van der Waals surface area contributed by atoms with Crippen LogP contribution in [-0.4, -0.2) is 19.5 Å². The monoisotopic (exact) mass is 353 g/mol. The predicted octanol–water partition coefficient (Wildman–Crippen LogP) is 2.81. The molecule has 21 heavy (non-hydrogen) atoms. The van der Waals surface area contributed by atoms with Crippen molar-refractivity contribution in [2.45, 2.75) is 13.5 Å². The molecule has 0 amide bonds. The predicted molar refractivity (Wildman–Crippen MR) is 77.6 cm³/mol. The number of imidazole rings is 1. The standard InChI is InChI=1S/C13H10BrF2N5/c1-6-18-11(17)10-12(19-6)21(13(14)20-10)5-7-4-8(15)2-3-9(7)16/h2-4H,5H2,1H3,(H2,17,18,19). The summed E-state index contributed by atoms with van der Waals surface area (Å²) in [6, 6.07) is 3.31. The Morgan fingerprint density at radius 3 is 2.76 bits per heavy atom. The van der Waals surface area contributed by atoms with Gasteiger partial charge in [-0.2, -0.15) is 0 Å². The zero-order valence-electron chi connectivity index (χ0n) is 10.9. The van der Waals surface area contributed by atoms with Gasteiger partial charge in [-0.3, -0.25) is 4.57 Å². The van der Waals surface area contributed by atoms with Gasteiger partial charge in [0.25, 0.3) is 0 Å². The second kappa shape index (κ2) is 5.03. The molecule has 0 bridgehead atoms. The Kier molecular flexibility index (Phi) is 3.32. The molecule has 0 saturated carbocycles. The fraction of sp³-hybridized carbons (Fsp3) is 0.154. The fourth-order valence-electron chi connectivity index (χ4n) is 2.08. The van der Waals surface area contributed by atoms with Gasteiger partial charge in [-0.25, -0.2) is 23.7 Å². The molecule has 5 nitrogen and oxygen atoms in total. The molecule has 2 N–H and O–H groups in total. The molecule has 108 valence electrons. The highest BCUT2D eigenvalue weighted by Gasteiger charge is 2.16. The number of benzene rings is 1. The van der Waals surface area contributed by atoms with E-state index in [9.17, 15) is 8.78 Å². The van der Waals surface area contributed by atoms with E-state index in [0.29, 0.717) is 21.7 Å². The molecule has 0 unspecified atom stereocenters. The van der Waals surface area contributed by atoms with Crippen molar-refractivity contribution in [1.29, 1.82) is 0 Å². The SMILES string of the molecule is Cc1nc(N)c2nc(Br)n(Cc3cc(F)ccc3F)c2n1. The quantitative estimate of drug-likeness (QED) is 0.719. The molecule has 3 aromatic rings. The van der Waals surface area contributed by atoms with E-state index < -0.39 is 11.6 Å². The summed E-state index contributed by atoms with van der Waals surface area (Å²) in [5, 5.41) is 0. The molecule has 3 rings (SSSR count). The van der Waals surface area contributed by atoms with Crippen molar-refractivity contribution in [1.82, 2.24) is 19.5 Å². The maximum Gasteiger partial charge on any atom is 0.179 e. The number of aromatic nitrogens is 4. The van der Waals surface area contributed by atoms with Crippen LogP contribution in [0.4, 0.5) is 14.6 Å². The van der Waals surface area contributed by atoms with Crippen molar-refractivity contribution < 1.29 is 8.78 Å². The first-order valence-corrected chi connectivity index (χ1v) is 6.85. The van der Waals surface area contributed by atoms with Gasteiger partial charge < -0.3 is 5.73 Å². The molecule has 2 aromatic heterocycles. The molecule has 1 aromatic carbocycles. The third-order valence-corrected chi connectivity index (χ3v) is 3.63. The number of hydrogen-bond acceptors (Lipinski definition) is 4. The van der Waals surface area contributed by atoms with Gasteiger partial charge in [-0.05, 0) is 41.1 Å². The summed E-state index contributed by atoms with van der Waals surface area (Å²) in [5.74, 6) is -0.272. The van der Waals surface area contributed by atoms with Gasteiger partial charge >= 0.3 is 0 Å². The van der Waals surface area contributed by atoms with Gasteiger partial charge in [0.1, 0.15) is 17.5 Å². The largest absolute Gasteiger partial charge is 0.382 e. The van der Waals surface area contributed by atoms with Gasteiger partial charge in [-0.1, -0.05) is 0 Å². The topological polar surface area (TPSA) is 69.6 Å². The molecule has 0 aliphatic heterocycles. The van der Waals surface area contributed by atoms with Crippen LogP contribution >= 0.6 is 15.9 Å². The van der Waals surface area contributed by atoms with E-state index >= 15 is 0 Å². The van der Waals surface area contributed by atoms with Gasteiger partial charge in [0.05, 0.1) is 6.54 Å². The molecule has 8 heteroatoms. The highest BCUT2D eigenvalue weighted by molar-refractivity contribution is 9.10. The minimum atomic E-state index is -0.503. The van der Waals surface area contributed by atoms with Crippen LogP contribution < -0.4 is 5.73 Å². The molecule has 0 saturated heterocycles. The van der Waals surface area contributed by atoms with Crippen molar-refractivity contribution in [3.05, 3.63) is 46.0 Å². The Hall–Kier alpha value is -2.09. The summed E-state index contributed by atoms with van der Waals surface area (Å²) in [6.45, 7) is 1.78. The molecule has 0 spiro atoms. The van der Waals surface area contributed by atoms with Gasteiger partial charge in [-0.15, -0.1) is 0 Å². The minimum Gasteiger partial charge on any atom is -0.382 e. The second-order valence-corrected chi connectivity index (χ2v) is 5.24. The van der Waals surface area contributed by atoms with Crippen molar-refractivity contribution in [3.63, 3.8) is 0 Å². The zero-order chi connectivity index (χ0) is 15.1. The van der Waals surface area contributed by atoms with Crippen LogP contribution in [0.1, 0.15) is 11.4 Å². The molecular formula is C13H10BrF2N5. The number of nitrogens with two attached hydrogens (primary N) is 1. The smallest absolute Gasteiger partial charge is 0.179 e. The molecule has 0 fully saturated rings. The summed E-state index contributed by atoms with van der Waals surface area (Å²) in [4.78, 5) is 12.5. The summed E-state index contributed by atoms with van der Waals surface area (Å²) in [6.07, 6.45) is 0. The van der Waals surface area contributed by atoms with Gasteiger partial charge in [0, 0.05) is 5.56 Å². The number of rotatable bonds is 2. The Morgan fingerprint density at radius 2 is 2.00 bits per heavy atom. The summed E-state index contributed by atoms with van der Waals surface area (Å²) >= 11 is 3.28. The number of hydrogen-bond donors (Lipinski definition) is 1. The van der Waals surface area contributed by atoms with E-state index in [-0.39, 0.29) is 17.9 Å². The lowest BCUT2D eigenvalue weighted by atomic mass is 10.2. The number of fused-ring (bicyclic) bond motifs is 1. The zero-order valence-corrected chi connectivity index (χ0v) is 12.5. The Bertz CT molecular complexity index is 846. The molecule has 0 aliphatic rings. The number of nitrogen functional groups attached to an aromatic ring is 1. The minimum absolute atomic E-state index is 0.0799. The Balaban J connectivity index is 2.16. The van der Waals surface area contributed by atoms with E-state index in [1.165, 1.54) is 0 Å². The van der Waals surface area contributed by atoms with Crippen molar-refractivity contribution in [2.75, 3.05) is 5.73 Å². The Labute approximate surface area is 127 Å². The lowest BCUT2D eigenvalue weighted by Gasteiger charge is -2.07. The number of halogens is 3. The normalized spacial score (nSPS) is 11.2. The van der Waals surface area contributed by atoms with Crippen LogP contribution in [0.3, 0.4) is 0 Å². The Morgan fingerprint density at radius 1 is 1.24 bits per heavy atom. The van der Waals surface area contributed by atoms with E-state index in [1.54, 1.807) is 11.5 Å². The second-order valence-electron chi connectivity index (χ2n) is 4.53. The lowest BCUT2D eigenvalue weighted by molar-refractivity contribution is 0.577. The van der Waals surface area contributed by atoms with Crippen LogP contribution in [-0.2, 0) is 6.54 Å². The van der Waals surface area contributed by atoms with Crippen LogP contribution in [0.5, 0.6) is 0 Å². The molecule has 0 atom stereocenters. The van der Waals surface area contributed by atoms with E-state index in [4.69, 9.17) is 5.73 Å². The van der Waals surface area contributed by atoms with Crippen LogP contribution in [0.25, 0.3) is 11.2 Å². The van der Waals surface area contributed by atoms with E-state index in [2.05, 4.69) is 30.9 Å². The number of aryl methyl sites for hydroxylation is 1. The van der Waals surface area contributed by atoms with Crippen LogP contribution in [0.2, 0.25) is 0 Å². The summed E-state index contributed by atoms with van der Waals surface area (Å²) < 4.78 is 29.1. The summed E-state index contributed by atoms with van der Waals surface area (Å²) in [7, 11) is 0. The van der Waals surface area contributed by atoms with Crippen molar-refractivity contribution >= 4 is 32.9 Å². The average Bonchev–Trinajstić information content (AvgIpc) is 2.72. The van der Waals surface area contributed by atoms with Gasteiger partial charge in [0.2, 0.25) is 0 Å². The van der Waals surface area contributed by atoms with Crippen molar-refractivity contribution in [2.24, 2.45) is 0 Å². The maximum absolute atomic E-state index is 13.8. The van der Waals surface area contributed by atoms with Gasteiger partial charge in [0.15, 0.2) is 21.7 Å². The molecule has 0 radical (unpaired) electrons. The molecule has 2 heterocycles. The molecular weight excluding hydrogens is 344 g/mol. The third-order valence-electron chi connectivity index (χ3n) is 3.02. The highest BCUT2D eigenvalue weighted by atomic mass is 79.9. The van der Waals surface area contributed by atoms with Crippen molar-refractivity contribution in [3.8, 4) is 0 Å². The van der Waals surface area contributed by atoms with Crippen LogP contribution in [0, 0.1) is 18.6 Å². The fourth-order valence-corrected chi connectivity index (χ4v) is 2.55. The first-order chi connectivity index (χ1) is 9.95. The van der Waals surface area contributed by atoms with E-state index in [0.717, 1.165) is 18.2 Å². The number of anilines is 1. The first kappa shape index (κ1) is 13.9. The summed E-state index contributed by atoms with van der Waals surface area (Å²) in [5.41, 5.74) is 6.89. The maximum atomic E-state index is 13.8. The first-order valence-electron chi connectivity index (χ1n) is 6.05. The average molecular weight is 354 g/mol. The lowest BCUT2D eigenvalue weighted by Crippen LogP contribution is -2.05. The highest BCUT2D eigenvalue weighted by Crippen LogP contribution is 2.24. The van der Waals surface area contributed by atoms with E-state index in [1.807, 2.05) is 0 Å². The van der Waals surface area contributed by atoms with Crippen LogP contribution in [0.15, 0.2) is 22.9 Å². The molecule has 0 aliphatic carbocycles. The third kappa shape index (κ3) is 2.46.